The zero-order valence-corrected chi connectivity index (χ0v) is 25.5. The molecule has 0 amide bonds. The van der Waals surface area contributed by atoms with Crippen LogP contribution in [-0.4, -0.2) is 4.57 Å². The molecule has 0 aliphatic carbocycles. The lowest BCUT2D eigenvalue weighted by atomic mass is 10.00. The molecule has 0 unspecified atom stereocenters. The second-order valence-corrected chi connectivity index (χ2v) is 14.1. The van der Waals surface area contributed by atoms with Crippen LogP contribution in [0.15, 0.2) is 182 Å². The Balaban J connectivity index is 1.27. The molecule has 0 bridgehead atoms. The highest BCUT2D eigenvalue weighted by atomic mass is 31.2. The fraction of sp³-hybridized carbons (Fsp3) is 0. The van der Waals surface area contributed by atoms with Crippen LogP contribution in [0.4, 0.5) is 0 Å². The van der Waals surface area contributed by atoms with Crippen molar-refractivity contribution in [2.75, 3.05) is 0 Å². The molecule has 0 aliphatic rings. The summed E-state index contributed by atoms with van der Waals surface area (Å²) in [6.45, 7) is 0. The quantitative estimate of drug-likeness (QED) is 0.175. The van der Waals surface area contributed by atoms with E-state index in [9.17, 15) is 0 Å². The lowest BCUT2D eigenvalue weighted by Gasteiger charge is -2.20. The second kappa shape index (κ2) is 11.2. The summed E-state index contributed by atoms with van der Waals surface area (Å²) in [5.41, 5.74) is 8.05. The average molecular weight is 596 g/mol. The number of rotatable bonds is 6. The number of benzene rings is 7. The van der Waals surface area contributed by atoms with Crippen molar-refractivity contribution < 1.29 is 4.57 Å². The molecule has 0 N–H and O–H groups in total. The molecule has 0 spiro atoms. The first-order chi connectivity index (χ1) is 22.2. The van der Waals surface area contributed by atoms with Crippen LogP contribution in [0.2, 0.25) is 0 Å². The van der Waals surface area contributed by atoms with Crippen LogP contribution < -0.4 is 15.9 Å². The van der Waals surface area contributed by atoms with Crippen molar-refractivity contribution in [2.45, 2.75) is 0 Å². The van der Waals surface area contributed by atoms with Crippen molar-refractivity contribution in [1.82, 2.24) is 4.57 Å². The van der Waals surface area contributed by atoms with E-state index in [2.05, 4.69) is 120 Å². The van der Waals surface area contributed by atoms with Crippen molar-refractivity contribution in [3.63, 3.8) is 0 Å². The van der Waals surface area contributed by atoms with E-state index >= 15 is 4.57 Å². The Morgan fingerprint density at radius 2 is 0.867 bits per heavy atom. The molecule has 45 heavy (non-hydrogen) atoms. The standard InChI is InChI=1S/C42H30NOP/c44-45(36-17-6-2-7-18-36,37-19-8-3-9-20-37)38-27-28-42-40(30-38)39-21-10-11-22-41(39)43(42)35-16-12-15-34(29-35)33-25-23-32(24-26-33)31-13-4-1-5-14-31/h1-30H. The molecule has 0 saturated heterocycles. The maximum atomic E-state index is 15.2. The number of fused-ring (bicyclic) bond motifs is 3. The first kappa shape index (κ1) is 27.1. The van der Waals surface area contributed by atoms with E-state index in [0.29, 0.717) is 0 Å². The van der Waals surface area contributed by atoms with Crippen molar-refractivity contribution in [3.8, 4) is 27.9 Å². The molecule has 7 aromatic carbocycles. The van der Waals surface area contributed by atoms with Gasteiger partial charge in [-0.25, -0.2) is 0 Å². The van der Waals surface area contributed by atoms with Crippen molar-refractivity contribution in [2.24, 2.45) is 0 Å². The number of hydrogen-bond donors (Lipinski definition) is 0. The fourth-order valence-electron chi connectivity index (χ4n) is 6.47. The molecule has 2 nitrogen and oxygen atoms in total. The molecular formula is C42H30NOP. The van der Waals surface area contributed by atoms with Gasteiger partial charge < -0.3 is 9.13 Å². The first-order valence-electron chi connectivity index (χ1n) is 15.2. The normalized spacial score (nSPS) is 11.6. The van der Waals surface area contributed by atoms with Gasteiger partial charge in [0.15, 0.2) is 7.14 Å². The van der Waals surface area contributed by atoms with Crippen molar-refractivity contribution in [1.29, 1.82) is 0 Å². The van der Waals surface area contributed by atoms with Crippen LogP contribution in [0.1, 0.15) is 0 Å². The Bertz CT molecular complexity index is 2280. The van der Waals surface area contributed by atoms with Gasteiger partial charge in [0.25, 0.3) is 0 Å². The third-order valence-electron chi connectivity index (χ3n) is 8.69. The van der Waals surface area contributed by atoms with E-state index in [1.165, 1.54) is 16.7 Å². The summed E-state index contributed by atoms with van der Waals surface area (Å²) in [7, 11) is -3.11. The predicted molar refractivity (Wildman–Crippen MR) is 191 cm³/mol. The Kier molecular flexibility index (Phi) is 6.78. The highest BCUT2D eigenvalue weighted by Gasteiger charge is 2.30. The summed E-state index contributed by atoms with van der Waals surface area (Å²) in [4.78, 5) is 0. The summed E-state index contributed by atoms with van der Waals surface area (Å²) < 4.78 is 17.5. The van der Waals surface area contributed by atoms with Gasteiger partial charge in [-0.15, -0.1) is 0 Å². The first-order valence-corrected chi connectivity index (χ1v) is 16.9. The summed E-state index contributed by atoms with van der Waals surface area (Å²) in [5, 5.41) is 4.74. The van der Waals surface area contributed by atoms with Crippen LogP contribution >= 0.6 is 7.14 Å². The van der Waals surface area contributed by atoms with Crippen LogP contribution in [0, 0.1) is 0 Å². The zero-order chi connectivity index (χ0) is 30.2. The minimum absolute atomic E-state index is 0.836. The van der Waals surface area contributed by atoms with E-state index < -0.39 is 7.14 Å². The molecule has 8 rings (SSSR count). The lowest BCUT2D eigenvalue weighted by Crippen LogP contribution is -2.24. The van der Waals surface area contributed by atoms with E-state index in [4.69, 9.17) is 0 Å². The summed E-state index contributed by atoms with van der Waals surface area (Å²) in [5.74, 6) is 0. The molecular weight excluding hydrogens is 565 g/mol. The minimum Gasteiger partial charge on any atom is -0.309 e. The van der Waals surface area contributed by atoms with E-state index in [1.54, 1.807) is 0 Å². The van der Waals surface area contributed by atoms with Gasteiger partial charge in [-0.1, -0.05) is 146 Å². The lowest BCUT2D eigenvalue weighted by molar-refractivity contribution is 0.592. The van der Waals surface area contributed by atoms with E-state index in [1.807, 2.05) is 66.7 Å². The van der Waals surface area contributed by atoms with Crippen LogP contribution in [0.3, 0.4) is 0 Å². The Hall–Kier alpha value is -5.43. The predicted octanol–water partition coefficient (Wildman–Crippen LogP) is 9.76. The maximum Gasteiger partial charge on any atom is 0.171 e. The average Bonchev–Trinajstić information content (AvgIpc) is 3.46. The topological polar surface area (TPSA) is 22.0 Å². The number of aromatic nitrogens is 1. The molecule has 214 valence electrons. The van der Waals surface area contributed by atoms with Gasteiger partial charge in [0.2, 0.25) is 0 Å². The summed E-state index contributed by atoms with van der Waals surface area (Å²) in [6.07, 6.45) is 0. The van der Waals surface area contributed by atoms with Gasteiger partial charge in [0.05, 0.1) is 11.0 Å². The smallest absolute Gasteiger partial charge is 0.171 e. The van der Waals surface area contributed by atoms with Gasteiger partial charge >= 0.3 is 0 Å². The zero-order valence-electron chi connectivity index (χ0n) is 24.6. The molecule has 0 fully saturated rings. The van der Waals surface area contributed by atoms with Gasteiger partial charge in [-0.3, -0.25) is 0 Å². The van der Waals surface area contributed by atoms with Crippen molar-refractivity contribution in [3.05, 3.63) is 182 Å². The Labute approximate surface area is 263 Å². The summed E-state index contributed by atoms with van der Waals surface area (Å²) >= 11 is 0. The number of hydrogen-bond acceptors (Lipinski definition) is 1. The van der Waals surface area contributed by atoms with Gasteiger partial charge in [-0.2, -0.15) is 0 Å². The van der Waals surface area contributed by atoms with Crippen LogP contribution in [0.25, 0.3) is 49.7 Å². The number of nitrogens with zero attached hydrogens (tertiary/aromatic N) is 1. The fourth-order valence-corrected chi connectivity index (χ4v) is 9.14. The molecule has 1 aromatic heterocycles. The second-order valence-electron chi connectivity index (χ2n) is 11.3. The SMILES string of the molecule is O=P(c1ccccc1)(c1ccccc1)c1ccc2c(c1)c1ccccc1n2-c1cccc(-c2ccc(-c3ccccc3)cc2)c1. The Morgan fingerprint density at radius 1 is 0.356 bits per heavy atom. The van der Waals surface area contributed by atoms with Gasteiger partial charge in [0.1, 0.15) is 0 Å². The molecule has 3 heteroatoms. The highest BCUT2D eigenvalue weighted by molar-refractivity contribution is 7.85. The monoisotopic (exact) mass is 595 g/mol. The van der Waals surface area contributed by atoms with Crippen LogP contribution in [-0.2, 0) is 4.57 Å². The molecule has 0 atom stereocenters. The molecule has 0 radical (unpaired) electrons. The molecule has 0 aliphatic heterocycles. The van der Waals surface area contributed by atoms with E-state index in [0.717, 1.165) is 49.0 Å². The minimum atomic E-state index is -3.11. The molecule has 1 heterocycles. The molecule has 0 saturated carbocycles. The maximum absolute atomic E-state index is 15.2. The highest BCUT2D eigenvalue weighted by Crippen LogP contribution is 2.44. The summed E-state index contributed by atoms with van der Waals surface area (Å²) in [6, 6.07) is 62.6. The molecule has 8 aromatic rings. The van der Waals surface area contributed by atoms with E-state index in [-0.39, 0.29) is 0 Å². The number of para-hydroxylation sites is 1. The third-order valence-corrected chi connectivity index (χ3v) is 11.7. The van der Waals surface area contributed by atoms with Crippen LogP contribution in [0.5, 0.6) is 0 Å². The third kappa shape index (κ3) is 4.72. The largest absolute Gasteiger partial charge is 0.309 e. The Morgan fingerprint density at radius 3 is 1.53 bits per heavy atom. The van der Waals surface area contributed by atoms with Gasteiger partial charge in [0, 0.05) is 32.4 Å². The van der Waals surface area contributed by atoms with Crippen molar-refractivity contribution >= 4 is 44.9 Å². The van der Waals surface area contributed by atoms with Gasteiger partial charge in [-0.05, 0) is 58.7 Å².